The molecular formula is C66H102N10O15. The van der Waals surface area contributed by atoms with Crippen molar-refractivity contribution in [3.63, 3.8) is 0 Å². The van der Waals surface area contributed by atoms with E-state index >= 15 is 0 Å². The van der Waals surface area contributed by atoms with Crippen molar-refractivity contribution in [2.45, 2.75) is 212 Å². The number of anilines is 1. The zero-order valence-corrected chi connectivity index (χ0v) is 55.2. The standard InChI is InChI=1S/C66H102N10O15/c1-11-30-88-31-24-57(77)74-26-28-75(29-27-74)64-69-38-48(39-70-64)40-71-65(83)90-53-23-21-47(35-56(53)86-9)34-50(67)55-37-51(72-73-68)43(4)33-45(6)59(79)60(87-10)58(78)44(5)32-41(2)17-13-12-14-18-42(3)54(85-8)36-49-22-20-46(7)66(84,91-49)61(80)62(81)76-25-16-15-19-52(76)63(82)89-55/h12-14,17-18,33,38-39,41,43-44,46-47,49-56,59-60,79,84H,11,15-16,19-32,34-37,40,67H2,1-10H3,(H,71,83)/b14-12+,17-13+,42-18+,45-33+/t41-,43-,44-,46-,47+,49+,50-,51?,52+,53-,54+,55+,56-,59-,60+,66-/m1/s1. The molecule has 4 fully saturated rings. The van der Waals surface area contributed by atoms with Gasteiger partial charge in [0.1, 0.15) is 30.5 Å². The highest BCUT2D eigenvalue weighted by molar-refractivity contribution is 6.39. The summed E-state index contributed by atoms with van der Waals surface area (Å²) in [5, 5.41) is 30.8. The maximum atomic E-state index is 14.8. The van der Waals surface area contributed by atoms with Crippen LogP contribution >= 0.6 is 0 Å². The van der Waals surface area contributed by atoms with Crippen LogP contribution in [0.1, 0.15) is 144 Å². The van der Waals surface area contributed by atoms with Gasteiger partial charge in [-0.3, -0.25) is 19.2 Å². The highest BCUT2D eigenvalue weighted by Crippen LogP contribution is 2.38. The number of hydrogen-bond donors (Lipinski definition) is 4. The van der Waals surface area contributed by atoms with Gasteiger partial charge in [0.2, 0.25) is 17.6 Å². The molecule has 91 heavy (non-hydrogen) atoms. The molecule has 3 saturated heterocycles. The van der Waals surface area contributed by atoms with Gasteiger partial charge in [0.25, 0.3) is 11.7 Å². The predicted octanol–water partition coefficient (Wildman–Crippen LogP) is 7.17. The van der Waals surface area contributed by atoms with Gasteiger partial charge in [-0.25, -0.2) is 19.6 Å². The van der Waals surface area contributed by atoms with E-state index in [0.29, 0.717) is 114 Å². The summed E-state index contributed by atoms with van der Waals surface area (Å²) in [7, 11) is 4.46. The van der Waals surface area contributed by atoms with Crippen LogP contribution in [0.3, 0.4) is 0 Å². The first-order valence-electron chi connectivity index (χ1n) is 32.7. The second-order valence-electron chi connectivity index (χ2n) is 25.5. The van der Waals surface area contributed by atoms with Crippen LogP contribution in [0.2, 0.25) is 0 Å². The van der Waals surface area contributed by atoms with Gasteiger partial charge in [0.15, 0.2) is 5.78 Å². The Morgan fingerprint density at radius 2 is 1.62 bits per heavy atom. The number of nitrogens with zero attached hydrogens (tertiary/aromatic N) is 8. The van der Waals surface area contributed by atoms with E-state index in [2.05, 4.69) is 25.3 Å². The Labute approximate surface area is 536 Å². The fourth-order valence-electron chi connectivity index (χ4n) is 13.0. The molecule has 6 rings (SSSR count). The van der Waals surface area contributed by atoms with E-state index < -0.39 is 108 Å². The minimum absolute atomic E-state index is 0.0184. The van der Waals surface area contributed by atoms with Gasteiger partial charge in [-0.2, -0.15) is 0 Å². The summed E-state index contributed by atoms with van der Waals surface area (Å²) in [6.45, 7) is 16.2. The minimum Gasteiger partial charge on any atom is -0.459 e. The van der Waals surface area contributed by atoms with Crippen LogP contribution in [0.5, 0.6) is 0 Å². The summed E-state index contributed by atoms with van der Waals surface area (Å²) < 4.78 is 41.5. The van der Waals surface area contributed by atoms with Crippen molar-refractivity contribution >= 4 is 41.4 Å². The Kier molecular flexibility index (Phi) is 29.5. The van der Waals surface area contributed by atoms with Crippen molar-refractivity contribution in [3.05, 3.63) is 76.0 Å². The van der Waals surface area contributed by atoms with E-state index in [1.807, 2.05) is 61.0 Å². The molecule has 0 aromatic carbocycles. The maximum Gasteiger partial charge on any atom is 0.407 e. The zero-order valence-electron chi connectivity index (χ0n) is 55.2. The third-order valence-corrected chi connectivity index (χ3v) is 18.7. The molecule has 25 nitrogen and oxygen atoms in total. The van der Waals surface area contributed by atoms with E-state index in [1.54, 1.807) is 53.3 Å². The molecule has 1 unspecified atom stereocenters. The lowest BCUT2D eigenvalue weighted by atomic mass is 9.80. The molecule has 1 saturated carbocycles. The highest BCUT2D eigenvalue weighted by Gasteiger charge is 2.53. The monoisotopic (exact) mass is 1270 g/mol. The van der Waals surface area contributed by atoms with Gasteiger partial charge >= 0.3 is 12.1 Å². The molecule has 25 heteroatoms. The van der Waals surface area contributed by atoms with Crippen LogP contribution in [-0.4, -0.2) is 199 Å². The Balaban J connectivity index is 1.18. The van der Waals surface area contributed by atoms with Crippen molar-refractivity contribution in [3.8, 4) is 0 Å². The number of amides is 3. The fraction of sp³-hybridized carbons (Fsp3) is 0.727. The van der Waals surface area contributed by atoms with Crippen LogP contribution in [0.4, 0.5) is 10.7 Å². The number of esters is 1. The van der Waals surface area contributed by atoms with Crippen LogP contribution < -0.4 is 16.0 Å². The summed E-state index contributed by atoms with van der Waals surface area (Å²) >= 11 is 0. The number of ketones is 2. The average Bonchev–Trinajstić information content (AvgIpc) is 1.15. The first-order valence-corrected chi connectivity index (χ1v) is 32.7. The molecule has 1 aliphatic carbocycles. The number of piperidine rings is 1. The quantitative estimate of drug-likeness (QED) is 0.0242. The van der Waals surface area contributed by atoms with Gasteiger partial charge in [0.05, 0.1) is 31.3 Å². The number of azide groups is 1. The number of methoxy groups -OCH3 is 3. The first-order chi connectivity index (χ1) is 43.5. The largest absolute Gasteiger partial charge is 0.459 e. The number of nitrogens with two attached hydrogens (primary N) is 1. The number of fused-ring (bicyclic) bond motifs is 3. The van der Waals surface area contributed by atoms with E-state index in [0.717, 1.165) is 16.9 Å². The van der Waals surface area contributed by atoms with Crippen molar-refractivity contribution in [1.82, 2.24) is 25.1 Å². The Hall–Kier alpha value is -6.15. The number of ether oxygens (including phenoxy) is 7. The van der Waals surface area contributed by atoms with Crippen molar-refractivity contribution in [2.24, 2.45) is 40.4 Å². The van der Waals surface area contributed by atoms with Crippen LogP contribution in [-0.2, 0) is 63.7 Å². The number of allylic oxidation sites excluding steroid dienone is 5. The van der Waals surface area contributed by atoms with Crippen molar-refractivity contribution < 1.29 is 72.1 Å². The zero-order chi connectivity index (χ0) is 66.4. The molecule has 3 amide bonds. The third-order valence-electron chi connectivity index (χ3n) is 18.7. The molecule has 0 radical (unpaired) electrons. The van der Waals surface area contributed by atoms with Gasteiger partial charge in [-0.15, -0.1) is 0 Å². The summed E-state index contributed by atoms with van der Waals surface area (Å²) in [6, 6.07) is -3.08. The summed E-state index contributed by atoms with van der Waals surface area (Å²) in [6.07, 6.45) is 13.3. The van der Waals surface area contributed by atoms with Gasteiger partial charge in [-0.1, -0.05) is 76.2 Å². The molecule has 5 aliphatic rings. The number of piperazine rings is 1. The Morgan fingerprint density at radius 1 is 0.879 bits per heavy atom. The summed E-state index contributed by atoms with van der Waals surface area (Å²) in [5.41, 5.74) is 19.1. The van der Waals surface area contributed by atoms with E-state index in [4.69, 9.17) is 38.9 Å². The number of nitrogens with one attached hydrogen (secondary N) is 1. The number of aromatic nitrogens is 2. The van der Waals surface area contributed by atoms with Crippen LogP contribution in [0, 0.1) is 29.6 Å². The number of hydrogen-bond acceptors (Lipinski definition) is 20. The lowest BCUT2D eigenvalue weighted by Crippen LogP contribution is -2.61. The number of alkyl carbamates (subject to hydrolysis) is 1. The molecule has 5 N–H and O–H groups in total. The van der Waals surface area contributed by atoms with Gasteiger partial charge in [-0.05, 0) is 125 Å². The van der Waals surface area contributed by atoms with Gasteiger partial charge in [0, 0.05) is 120 Å². The Morgan fingerprint density at radius 3 is 2.30 bits per heavy atom. The highest BCUT2D eigenvalue weighted by atomic mass is 16.6. The molecular weight excluding hydrogens is 1170 g/mol. The predicted molar refractivity (Wildman–Crippen MR) is 340 cm³/mol. The summed E-state index contributed by atoms with van der Waals surface area (Å²) in [5.74, 6) is -7.35. The number of rotatable bonds is 16. The number of aliphatic hydroxyl groups is 2. The maximum absolute atomic E-state index is 14.8. The Bertz CT molecular complexity index is 2730. The molecule has 1 aromatic heterocycles. The molecule has 506 valence electrons. The van der Waals surface area contributed by atoms with E-state index in [-0.39, 0.29) is 62.3 Å². The van der Waals surface area contributed by atoms with Gasteiger partial charge < -0.3 is 69.1 Å². The molecule has 16 atom stereocenters. The number of carbonyl (C=O) groups is 6. The first kappa shape index (κ1) is 73.9. The lowest BCUT2D eigenvalue weighted by molar-refractivity contribution is -0.265. The van der Waals surface area contributed by atoms with E-state index in [9.17, 15) is 44.5 Å². The molecule has 4 aliphatic heterocycles. The SMILES string of the molecule is CCCOCCC(=O)N1CCN(c2ncc(CNC(=O)O[C@@H]3CC[C@@H](C[C@@H](N)[C@@H]4CC(N=[N+]=[N-])[C@H](C)/C=C(\C)[C@@H](O)[C@@H](OC)C(=O)[C@H](C)C[C@H](C)/C=C/C=C/C=C(\C)[C@@H](OC)C[C@@H]5CC[C@@H](C)[C@@](O)(O5)C(=O)C(=O)N5CCCC[C@H]5C(=O)O4)C[C@H]3OC)cn2)CC1. The van der Waals surface area contributed by atoms with Crippen molar-refractivity contribution in [1.29, 1.82) is 0 Å². The average molecular weight is 1280 g/mol. The molecule has 2 bridgehead atoms. The second-order valence-corrected chi connectivity index (χ2v) is 25.5. The van der Waals surface area contributed by atoms with E-state index in [1.165, 1.54) is 14.2 Å². The smallest absolute Gasteiger partial charge is 0.407 e. The molecule has 1 aromatic rings. The van der Waals surface area contributed by atoms with Crippen LogP contribution in [0.15, 0.2) is 65.1 Å². The van der Waals surface area contributed by atoms with Crippen LogP contribution in [0.25, 0.3) is 10.4 Å². The van der Waals surface area contributed by atoms with Crippen molar-refractivity contribution in [2.75, 3.05) is 72.2 Å². The second kappa shape index (κ2) is 36.3. The number of Topliss-reactive ketones (excluding diaryl/α,β-unsaturated/α-hetero) is 2. The molecule has 0 spiro atoms. The normalized spacial score (nSPS) is 33.8. The lowest BCUT2D eigenvalue weighted by Gasteiger charge is -2.43. The fourth-order valence-corrected chi connectivity index (χ4v) is 13.0. The number of aliphatic hydroxyl groups excluding tert-OH is 1. The summed E-state index contributed by atoms with van der Waals surface area (Å²) in [4.78, 5) is 101. The number of carbonyl (C=O) groups excluding carboxylic acids is 6. The minimum atomic E-state index is -2.50. The third kappa shape index (κ3) is 20.9. The molecule has 5 heterocycles. The topological polar surface area (TPSA) is 330 Å². The number of cyclic esters (lactones) is 1.